The molecule has 2 heterocycles. The number of amides is 1. The van der Waals surface area contributed by atoms with Crippen LogP contribution in [-0.2, 0) is 11.3 Å². The molecule has 0 unspecified atom stereocenters. The molecule has 2 aromatic heterocycles. The molecule has 7 heteroatoms. The summed E-state index contributed by atoms with van der Waals surface area (Å²) >= 11 is 1.60. The average molecular weight is 309 g/mol. The van der Waals surface area contributed by atoms with Crippen LogP contribution in [0.3, 0.4) is 0 Å². The van der Waals surface area contributed by atoms with Crippen LogP contribution < -0.4 is 15.5 Å². The summed E-state index contributed by atoms with van der Waals surface area (Å²) in [5.41, 5.74) is 1.09. The van der Waals surface area contributed by atoms with E-state index in [1.807, 2.05) is 44.3 Å². The van der Waals surface area contributed by atoms with Crippen LogP contribution in [0.25, 0.3) is 4.96 Å². The fourth-order valence-corrected chi connectivity index (χ4v) is 3.01. The van der Waals surface area contributed by atoms with Crippen LogP contribution in [-0.4, -0.2) is 41.5 Å². The fraction of sp³-hybridized carbons (Fsp3) is 0.571. The van der Waals surface area contributed by atoms with Crippen molar-refractivity contribution in [3.05, 3.63) is 17.3 Å². The van der Waals surface area contributed by atoms with E-state index in [9.17, 15) is 4.79 Å². The highest BCUT2D eigenvalue weighted by Gasteiger charge is 2.19. The maximum atomic E-state index is 12.0. The molecule has 0 aromatic carbocycles. The van der Waals surface area contributed by atoms with Gasteiger partial charge in [0.2, 0.25) is 5.91 Å². The Bertz CT molecular complexity index is 604. The lowest BCUT2D eigenvalue weighted by Gasteiger charge is -2.22. The molecule has 0 atom stereocenters. The zero-order chi connectivity index (χ0) is 15.4. The standard InChI is InChI=1S/C14H23N5OS/c1-5-18(9-12(20)16-10(2)3)13-11(8-15-4)19-6-7-21-14(19)17-13/h6-7,10,15H,5,8-9H2,1-4H3,(H,16,20). The van der Waals surface area contributed by atoms with Crippen LogP contribution in [0.5, 0.6) is 0 Å². The largest absolute Gasteiger partial charge is 0.352 e. The molecular weight excluding hydrogens is 286 g/mol. The lowest BCUT2D eigenvalue weighted by molar-refractivity contribution is -0.120. The van der Waals surface area contributed by atoms with Crippen molar-refractivity contribution in [2.45, 2.75) is 33.4 Å². The Morgan fingerprint density at radius 3 is 2.90 bits per heavy atom. The molecule has 0 aliphatic heterocycles. The Balaban J connectivity index is 2.26. The maximum absolute atomic E-state index is 12.0. The second-order valence-electron chi connectivity index (χ2n) is 5.20. The smallest absolute Gasteiger partial charge is 0.239 e. The van der Waals surface area contributed by atoms with Crippen LogP contribution in [0.4, 0.5) is 5.82 Å². The number of fused-ring (bicyclic) bond motifs is 1. The molecule has 0 bridgehead atoms. The van der Waals surface area contributed by atoms with E-state index in [4.69, 9.17) is 0 Å². The minimum Gasteiger partial charge on any atom is -0.352 e. The van der Waals surface area contributed by atoms with Gasteiger partial charge in [0.15, 0.2) is 10.8 Å². The monoisotopic (exact) mass is 309 g/mol. The van der Waals surface area contributed by atoms with E-state index in [1.54, 1.807) is 11.3 Å². The van der Waals surface area contributed by atoms with E-state index in [0.717, 1.165) is 29.6 Å². The third kappa shape index (κ3) is 3.54. The number of hydrogen-bond acceptors (Lipinski definition) is 5. The Morgan fingerprint density at radius 1 is 1.52 bits per heavy atom. The Morgan fingerprint density at radius 2 is 2.29 bits per heavy atom. The van der Waals surface area contributed by atoms with Crippen molar-refractivity contribution in [1.82, 2.24) is 20.0 Å². The summed E-state index contributed by atoms with van der Waals surface area (Å²) in [6.07, 6.45) is 2.02. The van der Waals surface area contributed by atoms with Gasteiger partial charge in [-0.15, -0.1) is 11.3 Å². The van der Waals surface area contributed by atoms with Gasteiger partial charge in [-0.05, 0) is 27.8 Å². The van der Waals surface area contributed by atoms with E-state index in [1.165, 1.54) is 0 Å². The van der Waals surface area contributed by atoms with Crippen LogP contribution in [0.15, 0.2) is 11.6 Å². The summed E-state index contributed by atoms with van der Waals surface area (Å²) in [6.45, 7) is 7.76. The summed E-state index contributed by atoms with van der Waals surface area (Å²) in [6, 6.07) is 0.151. The first-order chi connectivity index (χ1) is 10.1. The van der Waals surface area contributed by atoms with Crippen LogP contribution in [0, 0.1) is 0 Å². The molecule has 6 nitrogen and oxygen atoms in total. The van der Waals surface area contributed by atoms with Crippen LogP contribution >= 0.6 is 11.3 Å². The zero-order valence-electron chi connectivity index (χ0n) is 13.0. The molecule has 0 saturated heterocycles. The van der Waals surface area contributed by atoms with Gasteiger partial charge >= 0.3 is 0 Å². The minimum atomic E-state index is 0.0265. The van der Waals surface area contributed by atoms with Gasteiger partial charge in [0.05, 0.1) is 12.2 Å². The summed E-state index contributed by atoms with van der Waals surface area (Å²) in [5, 5.41) is 8.12. The predicted octanol–water partition coefficient (Wildman–Crippen LogP) is 1.47. The molecule has 1 amide bonds. The van der Waals surface area contributed by atoms with Crippen molar-refractivity contribution in [2.24, 2.45) is 0 Å². The van der Waals surface area contributed by atoms with E-state index >= 15 is 0 Å². The first-order valence-electron chi connectivity index (χ1n) is 7.20. The van der Waals surface area contributed by atoms with E-state index in [0.29, 0.717) is 6.54 Å². The lowest BCUT2D eigenvalue weighted by Crippen LogP contribution is -2.40. The van der Waals surface area contributed by atoms with Crippen LogP contribution in [0.1, 0.15) is 26.5 Å². The number of likely N-dealkylation sites (N-methyl/N-ethyl adjacent to an activating group) is 1. The number of hydrogen-bond donors (Lipinski definition) is 2. The predicted molar refractivity (Wildman–Crippen MR) is 87.0 cm³/mol. The molecule has 0 aliphatic carbocycles. The Kier molecular flexibility index (Phi) is 5.19. The number of nitrogens with one attached hydrogen (secondary N) is 2. The minimum absolute atomic E-state index is 0.0265. The SMILES string of the molecule is CCN(CC(=O)NC(C)C)c1nc2sccn2c1CNC. The van der Waals surface area contributed by atoms with Gasteiger partial charge in [0.25, 0.3) is 0 Å². The van der Waals surface area contributed by atoms with Crippen molar-refractivity contribution in [3.63, 3.8) is 0 Å². The quantitative estimate of drug-likeness (QED) is 0.813. The number of thiazole rings is 1. The number of imidazole rings is 1. The molecular formula is C14H23N5OS. The topological polar surface area (TPSA) is 61.7 Å². The zero-order valence-corrected chi connectivity index (χ0v) is 13.8. The molecule has 0 fully saturated rings. The Labute approximate surface area is 129 Å². The van der Waals surface area contributed by atoms with Gasteiger partial charge < -0.3 is 15.5 Å². The maximum Gasteiger partial charge on any atom is 0.239 e. The van der Waals surface area contributed by atoms with Crippen LogP contribution in [0.2, 0.25) is 0 Å². The van der Waals surface area contributed by atoms with Crippen molar-refractivity contribution >= 4 is 28.0 Å². The van der Waals surface area contributed by atoms with Crippen molar-refractivity contribution in [1.29, 1.82) is 0 Å². The number of rotatable bonds is 7. The van der Waals surface area contributed by atoms with E-state index in [-0.39, 0.29) is 11.9 Å². The first kappa shape index (κ1) is 15.8. The molecule has 2 N–H and O–H groups in total. The van der Waals surface area contributed by atoms with Gasteiger partial charge in [0, 0.05) is 30.7 Å². The molecule has 0 aliphatic rings. The molecule has 0 saturated carbocycles. The normalized spacial score (nSPS) is 11.3. The third-order valence-electron chi connectivity index (χ3n) is 3.15. The van der Waals surface area contributed by atoms with Crippen molar-refractivity contribution in [3.8, 4) is 0 Å². The molecule has 0 spiro atoms. The number of nitrogens with zero attached hydrogens (tertiary/aromatic N) is 3. The molecule has 0 radical (unpaired) electrons. The summed E-state index contributed by atoms with van der Waals surface area (Å²) in [5.74, 6) is 0.913. The van der Waals surface area contributed by atoms with E-state index < -0.39 is 0 Å². The van der Waals surface area contributed by atoms with Gasteiger partial charge in [-0.25, -0.2) is 4.98 Å². The molecule has 116 valence electrons. The molecule has 2 aromatic rings. The highest BCUT2D eigenvalue weighted by Crippen LogP contribution is 2.24. The van der Waals surface area contributed by atoms with Crippen molar-refractivity contribution < 1.29 is 4.79 Å². The van der Waals surface area contributed by atoms with Gasteiger partial charge in [-0.3, -0.25) is 9.20 Å². The van der Waals surface area contributed by atoms with Gasteiger partial charge in [0.1, 0.15) is 0 Å². The number of anilines is 1. The summed E-state index contributed by atoms with van der Waals surface area (Å²) < 4.78 is 2.08. The van der Waals surface area contributed by atoms with Crippen molar-refractivity contribution in [2.75, 3.05) is 25.0 Å². The van der Waals surface area contributed by atoms with Gasteiger partial charge in [-0.2, -0.15) is 0 Å². The number of carbonyl (C=O) groups excluding carboxylic acids is 1. The second kappa shape index (κ2) is 6.91. The average Bonchev–Trinajstić information content (AvgIpc) is 2.98. The second-order valence-corrected chi connectivity index (χ2v) is 6.08. The summed E-state index contributed by atoms with van der Waals surface area (Å²) in [4.78, 5) is 19.7. The molecule has 21 heavy (non-hydrogen) atoms. The first-order valence-corrected chi connectivity index (χ1v) is 8.08. The third-order valence-corrected chi connectivity index (χ3v) is 3.91. The van der Waals surface area contributed by atoms with Gasteiger partial charge in [-0.1, -0.05) is 0 Å². The highest BCUT2D eigenvalue weighted by molar-refractivity contribution is 7.15. The summed E-state index contributed by atoms with van der Waals surface area (Å²) in [7, 11) is 1.91. The number of carbonyl (C=O) groups is 1. The molecule has 2 rings (SSSR count). The lowest BCUT2D eigenvalue weighted by atomic mass is 10.3. The van der Waals surface area contributed by atoms with E-state index in [2.05, 4.69) is 20.0 Å². The highest BCUT2D eigenvalue weighted by atomic mass is 32.1. The fourth-order valence-electron chi connectivity index (χ4n) is 2.28. The Hall–Kier alpha value is -1.60. The number of aromatic nitrogens is 2.